The van der Waals surface area contributed by atoms with Gasteiger partial charge in [0.05, 0.1) is 11.4 Å². The number of hydrogen-bond acceptors (Lipinski definition) is 2. The smallest absolute Gasteiger partial charge is 0.0972 e. The van der Waals surface area contributed by atoms with Gasteiger partial charge in [-0.2, -0.15) is 5.10 Å². The Kier molecular flexibility index (Phi) is 6.64. The topological polar surface area (TPSA) is 29.9 Å². The molecule has 0 radical (unpaired) electrons. The predicted molar refractivity (Wildman–Crippen MR) is 111 cm³/mol. The molecule has 0 unspecified atom stereocenters. The Morgan fingerprint density at radius 3 is 2.11 bits per heavy atom. The first-order chi connectivity index (χ1) is 13.3. The molecule has 3 nitrogen and oxygen atoms in total. The van der Waals surface area contributed by atoms with E-state index in [1.807, 2.05) is 28.9 Å². The number of rotatable bonds is 6. The van der Waals surface area contributed by atoms with Gasteiger partial charge in [0.15, 0.2) is 0 Å². The zero-order valence-electron chi connectivity index (χ0n) is 15.8. The van der Waals surface area contributed by atoms with Crippen LogP contribution in [0.15, 0.2) is 91.1 Å². The van der Waals surface area contributed by atoms with Gasteiger partial charge in [-0.1, -0.05) is 78.4 Å². The molecule has 142 valence electrons. The molecule has 0 saturated heterocycles. The summed E-state index contributed by atoms with van der Waals surface area (Å²) in [5.41, 5.74) is 6.97. The van der Waals surface area contributed by atoms with Crippen LogP contribution in [0.1, 0.15) is 16.7 Å². The van der Waals surface area contributed by atoms with Crippen LogP contribution in [-0.4, -0.2) is 9.78 Å². The first-order valence-electron chi connectivity index (χ1n) is 9.25. The van der Waals surface area contributed by atoms with Gasteiger partial charge < -0.3 is 17.7 Å². The molecule has 0 fully saturated rings. The molecule has 0 amide bonds. The van der Waals surface area contributed by atoms with Crippen molar-refractivity contribution in [2.24, 2.45) is 0 Å². The van der Waals surface area contributed by atoms with E-state index in [0.717, 1.165) is 30.0 Å². The minimum absolute atomic E-state index is 0. The molecule has 1 heterocycles. The quantitative estimate of drug-likeness (QED) is 0.548. The van der Waals surface area contributed by atoms with Crippen LogP contribution in [0.4, 0.5) is 0 Å². The SMILES string of the molecule is Cc1ccc(-c2nn(-c3ccccc3)cc2CNCc2ccccc2)cc1.[Cl-]. The number of benzene rings is 3. The third-order valence-corrected chi connectivity index (χ3v) is 4.62. The number of aromatic nitrogens is 2. The van der Waals surface area contributed by atoms with Gasteiger partial charge in [-0.25, -0.2) is 4.68 Å². The van der Waals surface area contributed by atoms with E-state index in [4.69, 9.17) is 5.10 Å². The molecule has 0 aliphatic carbocycles. The Labute approximate surface area is 172 Å². The van der Waals surface area contributed by atoms with Crippen LogP contribution in [0.3, 0.4) is 0 Å². The van der Waals surface area contributed by atoms with Gasteiger partial charge in [-0.3, -0.25) is 0 Å². The lowest BCUT2D eigenvalue weighted by molar-refractivity contribution is -0.00000549. The van der Waals surface area contributed by atoms with E-state index >= 15 is 0 Å². The summed E-state index contributed by atoms with van der Waals surface area (Å²) >= 11 is 0. The van der Waals surface area contributed by atoms with Gasteiger partial charge in [-0.15, -0.1) is 0 Å². The first kappa shape index (κ1) is 19.9. The van der Waals surface area contributed by atoms with Crippen LogP contribution >= 0.6 is 0 Å². The molecular weight excluding hydrogens is 366 g/mol. The van der Waals surface area contributed by atoms with E-state index in [0.29, 0.717) is 0 Å². The lowest BCUT2D eigenvalue weighted by Gasteiger charge is -2.06. The molecular formula is C24H23ClN3-. The molecule has 1 N–H and O–H groups in total. The number of hydrogen-bond donors (Lipinski definition) is 1. The molecule has 4 heteroatoms. The maximum atomic E-state index is 4.88. The van der Waals surface area contributed by atoms with E-state index < -0.39 is 0 Å². The predicted octanol–water partition coefficient (Wildman–Crippen LogP) is 2.14. The average Bonchev–Trinajstić information content (AvgIpc) is 3.14. The van der Waals surface area contributed by atoms with Crippen LogP contribution in [0.2, 0.25) is 0 Å². The maximum Gasteiger partial charge on any atom is 0.0972 e. The third kappa shape index (κ3) is 4.69. The highest BCUT2D eigenvalue weighted by atomic mass is 35.5. The fourth-order valence-corrected chi connectivity index (χ4v) is 3.14. The Bertz CT molecular complexity index is 993. The first-order valence-corrected chi connectivity index (χ1v) is 9.25. The molecule has 0 bridgehead atoms. The summed E-state index contributed by atoms with van der Waals surface area (Å²) in [6, 6.07) is 29.3. The number of nitrogens with zero attached hydrogens (tertiary/aromatic N) is 2. The molecule has 0 aliphatic rings. The van der Waals surface area contributed by atoms with E-state index in [-0.39, 0.29) is 12.4 Å². The minimum atomic E-state index is 0. The second-order valence-electron chi connectivity index (χ2n) is 6.74. The second-order valence-corrected chi connectivity index (χ2v) is 6.74. The van der Waals surface area contributed by atoms with Gasteiger partial charge in [0, 0.05) is 30.4 Å². The van der Waals surface area contributed by atoms with E-state index in [2.05, 4.69) is 79.1 Å². The number of para-hydroxylation sites is 1. The fraction of sp³-hybridized carbons (Fsp3) is 0.125. The van der Waals surface area contributed by atoms with Gasteiger partial charge in [-0.05, 0) is 24.6 Å². The zero-order valence-corrected chi connectivity index (χ0v) is 16.6. The van der Waals surface area contributed by atoms with Gasteiger partial charge in [0.1, 0.15) is 0 Å². The summed E-state index contributed by atoms with van der Waals surface area (Å²) in [6.07, 6.45) is 2.13. The number of halogens is 1. The molecule has 0 atom stereocenters. The van der Waals surface area contributed by atoms with Gasteiger partial charge in [0.2, 0.25) is 0 Å². The Hall–Kier alpha value is -2.88. The standard InChI is InChI=1S/C24H23N3.ClH/c1-19-12-14-21(15-13-19)24-22(17-25-16-20-8-4-2-5-9-20)18-27(26-24)23-10-6-3-7-11-23;/h2-15,18,25H,16-17H2,1H3;1H/p-1. The normalized spacial score (nSPS) is 10.5. The van der Waals surface area contributed by atoms with Crippen molar-refractivity contribution >= 4 is 0 Å². The summed E-state index contributed by atoms with van der Waals surface area (Å²) in [7, 11) is 0. The van der Waals surface area contributed by atoms with Crippen LogP contribution in [-0.2, 0) is 13.1 Å². The molecule has 28 heavy (non-hydrogen) atoms. The van der Waals surface area contributed by atoms with Crippen molar-refractivity contribution in [2.75, 3.05) is 0 Å². The molecule has 1 aromatic heterocycles. The van der Waals surface area contributed by atoms with Crippen LogP contribution in [0.5, 0.6) is 0 Å². The van der Waals surface area contributed by atoms with Crippen LogP contribution in [0, 0.1) is 6.92 Å². The lowest BCUT2D eigenvalue weighted by atomic mass is 10.1. The van der Waals surface area contributed by atoms with Crippen molar-refractivity contribution in [3.63, 3.8) is 0 Å². The average molecular weight is 389 g/mol. The molecule has 0 aliphatic heterocycles. The Morgan fingerprint density at radius 1 is 0.786 bits per heavy atom. The van der Waals surface area contributed by atoms with E-state index in [9.17, 15) is 0 Å². The minimum Gasteiger partial charge on any atom is -1.00 e. The van der Waals surface area contributed by atoms with Gasteiger partial charge >= 0.3 is 0 Å². The maximum absolute atomic E-state index is 4.88. The summed E-state index contributed by atoms with van der Waals surface area (Å²) in [5.74, 6) is 0. The largest absolute Gasteiger partial charge is 1.00 e. The van der Waals surface area contributed by atoms with Crippen LogP contribution in [0.25, 0.3) is 16.9 Å². The Morgan fingerprint density at radius 2 is 1.43 bits per heavy atom. The molecule has 0 spiro atoms. The highest BCUT2D eigenvalue weighted by molar-refractivity contribution is 5.63. The monoisotopic (exact) mass is 388 g/mol. The Balaban J connectivity index is 0.00000225. The third-order valence-electron chi connectivity index (χ3n) is 4.62. The molecule has 4 rings (SSSR count). The summed E-state index contributed by atoms with van der Waals surface area (Å²) < 4.78 is 1.97. The van der Waals surface area contributed by atoms with Crippen molar-refractivity contribution in [1.82, 2.24) is 15.1 Å². The van der Waals surface area contributed by atoms with Crippen molar-refractivity contribution in [1.29, 1.82) is 0 Å². The molecule has 0 saturated carbocycles. The van der Waals surface area contributed by atoms with Crippen molar-refractivity contribution in [2.45, 2.75) is 20.0 Å². The van der Waals surface area contributed by atoms with Crippen molar-refractivity contribution < 1.29 is 12.4 Å². The molecule has 3 aromatic carbocycles. The lowest BCUT2D eigenvalue weighted by Crippen LogP contribution is -3.00. The van der Waals surface area contributed by atoms with Crippen molar-refractivity contribution in [3.8, 4) is 16.9 Å². The number of aryl methyl sites for hydroxylation is 1. The highest BCUT2D eigenvalue weighted by Gasteiger charge is 2.12. The van der Waals surface area contributed by atoms with Crippen LogP contribution < -0.4 is 17.7 Å². The summed E-state index contributed by atoms with van der Waals surface area (Å²) in [4.78, 5) is 0. The summed E-state index contributed by atoms with van der Waals surface area (Å²) in [6.45, 7) is 3.71. The fourth-order valence-electron chi connectivity index (χ4n) is 3.14. The van der Waals surface area contributed by atoms with Crippen molar-refractivity contribution in [3.05, 3.63) is 108 Å². The zero-order chi connectivity index (χ0) is 18.5. The second kappa shape index (κ2) is 9.36. The van der Waals surface area contributed by atoms with Gasteiger partial charge in [0.25, 0.3) is 0 Å². The van der Waals surface area contributed by atoms with E-state index in [1.165, 1.54) is 16.7 Å². The van der Waals surface area contributed by atoms with E-state index in [1.54, 1.807) is 0 Å². The summed E-state index contributed by atoms with van der Waals surface area (Å²) in [5, 5.41) is 8.43. The number of nitrogens with one attached hydrogen (secondary N) is 1. The highest BCUT2D eigenvalue weighted by Crippen LogP contribution is 2.24. The molecule has 4 aromatic rings.